The lowest BCUT2D eigenvalue weighted by atomic mass is 9.93. The van der Waals surface area contributed by atoms with E-state index in [1.165, 1.54) is 36.4 Å². The predicted molar refractivity (Wildman–Crippen MR) is 118 cm³/mol. The minimum atomic E-state index is -1.31. The Bertz CT molecular complexity index is 1230. The molecule has 3 aromatic heterocycles. The Morgan fingerprint density at radius 1 is 1.16 bits per heavy atom. The van der Waals surface area contributed by atoms with Crippen LogP contribution in [0.15, 0.2) is 29.5 Å². The third-order valence-corrected chi connectivity index (χ3v) is 6.82. The Kier molecular flexibility index (Phi) is 5.33. The number of hydrogen-bond acceptors (Lipinski definition) is 8. The predicted octanol–water partition coefficient (Wildman–Crippen LogP) is 1.82. The molecular weight excluding hydrogens is 432 g/mol. The van der Waals surface area contributed by atoms with Crippen LogP contribution in [0.5, 0.6) is 0 Å². The van der Waals surface area contributed by atoms with Crippen molar-refractivity contribution in [3.8, 4) is 5.13 Å². The van der Waals surface area contributed by atoms with Gasteiger partial charge in [0.25, 0.3) is 0 Å². The van der Waals surface area contributed by atoms with Crippen molar-refractivity contribution in [2.45, 2.75) is 38.1 Å². The number of carbonyl (C=O) groups is 2. The average Bonchev–Trinajstić information content (AvgIpc) is 3.28. The third kappa shape index (κ3) is 3.72. The quantitative estimate of drug-likeness (QED) is 0.597. The van der Waals surface area contributed by atoms with Gasteiger partial charge in [0.15, 0.2) is 5.65 Å². The van der Waals surface area contributed by atoms with Crippen LogP contribution in [0.4, 0.5) is 5.82 Å². The van der Waals surface area contributed by atoms with Crippen molar-refractivity contribution < 1.29 is 14.7 Å². The molecule has 4 heterocycles. The largest absolute Gasteiger partial charge is 0.477 e. The number of aromatic nitrogens is 4. The maximum atomic E-state index is 12.7. The van der Waals surface area contributed by atoms with Gasteiger partial charge in [-0.05, 0) is 25.0 Å². The number of nitrogens with zero attached hydrogens (tertiary/aromatic N) is 5. The third-order valence-electron chi connectivity index (χ3n) is 6.15. The number of anilines is 1. The van der Waals surface area contributed by atoms with Gasteiger partial charge in [-0.2, -0.15) is 4.37 Å². The van der Waals surface area contributed by atoms with E-state index in [9.17, 15) is 19.5 Å². The molecule has 11 heteroatoms. The zero-order valence-electron chi connectivity index (χ0n) is 17.2. The van der Waals surface area contributed by atoms with Crippen LogP contribution in [0.3, 0.4) is 0 Å². The van der Waals surface area contributed by atoms with E-state index in [-0.39, 0.29) is 28.8 Å². The number of carboxylic acid groups (broad SMARTS) is 1. The van der Waals surface area contributed by atoms with Gasteiger partial charge >= 0.3 is 5.97 Å². The van der Waals surface area contributed by atoms with Crippen LogP contribution in [0, 0.1) is 5.92 Å². The number of carboxylic acids is 1. The SMILES string of the molecule is O=C(O)c1cn(-c2ncns2)c2nc(N3CC(C(=O)NC4CCCCC4)C3)ccc2c1=O. The van der Waals surface area contributed by atoms with Crippen molar-refractivity contribution in [3.05, 3.63) is 40.4 Å². The van der Waals surface area contributed by atoms with E-state index in [1.807, 2.05) is 4.90 Å². The fourth-order valence-electron chi connectivity index (χ4n) is 4.34. The summed E-state index contributed by atoms with van der Waals surface area (Å²) in [5.74, 6) is -0.686. The molecule has 1 amide bonds. The molecular formula is C21H22N6O4S. The highest BCUT2D eigenvalue weighted by Gasteiger charge is 2.35. The second-order valence-corrected chi connectivity index (χ2v) is 9.02. The van der Waals surface area contributed by atoms with Crippen LogP contribution in [0.1, 0.15) is 42.5 Å². The summed E-state index contributed by atoms with van der Waals surface area (Å²) in [6, 6.07) is 3.56. The first kappa shape index (κ1) is 20.6. The zero-order valence-corrected chi connectivity index (χ0v) is 18.0. The minimum absolute atomic E-state index is 0.0887. The summed E-state index contributed by atoms with van der Waals surface area (Å²) in [5.41, 5.74) is -0.643. The molecule has 1 aliphatic carbocycles. The molecule has 0 atom stereocenters. The van der Waals surface area contributed by atoms with Crippen LogP contribution in [-0.2, 0) is 4.79 Å². The molecule has 0 unspecified atom stereocenters. The molecule has 5 rings (SSSR count). The highest BCUT2D eigenvalue weighted by atomic mass is 32.1. The highest BCUT2D eigenvalue weighted by molar-refractivity contribution is 7.08. The number of hydrogen-bond donors (Lipinski definition) is 2. The molecule has 3 aromatic rings. The Balaban J connectivity index is 1.40. The number of pyridine rings is 2. The average molecular weight is 455 g/mol. The molecule has 0 radical (unpaired) electrons. The van der Waals surface area contributed by atoms with Gasteiger partial charge in [0, 0.05) is 36.9 Å². The number of rotatable bonds is 5. The molecule has 32 heavy (non-hydrogen) atoms. The van der Waals surface area contributed by atoms with E-state index >= 15 is 0 Å². The number of amides is 1. The molecule has 1 saturated heterocycles. The second-order valence-electron chi connectivity index (χ2n) is 8.26. The van der Waals surface area contributed by atoms with E-state index < -0.39 is 11.4 Å². The standard InChI is InChI=1S/C21H22N6O4S/c28-17-14-6-7-16(26-8-12(9-26)19(29)24-13-4-2-1-3-5-13)25-18(14)27(10-15(17)20(30)31)21-22-11-23-32-21/h6-7,10-13H,1-5,8-9H2,(H,24,29)(H,30,31). The van der Waals surface area contributed by atoms with E-state index in [2.05, 4.69) is 19.7 Å². The molecule has 0 bridgehead atoms. The van der Waals surface area contributed by atoms with E-state index in [1.54, 1.807) is 12.1 Å². The van der Waals surface area contributed by atoms with Crippen LogP contribution in [0.25, 0.3) is 16.2 Å². The molecule has 0 aromatic carbocycles. The van der Waals surface area contributed by atoms with E-state index in [4.69, 9.17) is 0 Å². The zero-order chi connectivity index (χ0) is 22.2. The van der Waals surface area contributed by atoms with Gasteiger partial charge in [-0.25, -0.2) is 14.8 Å². The van der Waals surface area contributed by atoms with E-state index in [0.717, 1.165) is 24.4 Å². The maximum absolute atomic E-state index is 12.7. The van der Waals surface area contributed by atoms with Gasteiger partial charge in [-0.3, -0.25) is 14.2 Å². The number of carbonyl (C=O) groups excluding carboxylic acids is 1. The summed E-state index contributed by atoms with van der Waals surface area (Å²) in [5, 5.41) is 13.2. The van der Waals surface area contributed by atoms with Crippen LogP contribution in [-0.4, -0.2) is 55.0 Å². The van der Waals surface area contributed by atoms with E-state index in [0.29, 0.717) is 29.7 Å². The lowest BCUT2D eigenvalue weighted by Crippen LogP contribution is -2.55. The van der Waals surface area contributed by atoms with Crippen molar-refractivity contribution in [3.63, 3.8) is 0 Å². The highest BCUT2D eigenvalue weighted by Crippen LogP contribution is 2.27. The van der Waals surface area contributed by atoms with Gasteiger partial charge in [-0.1, -0.05) is 19.3 Å². The summed E-state index contributed by atoms with van der Waals surface area (Å²) >= 11 is 1.07. The molecule has 2 aliphatic rings. The topological polar surface area (TPSA) is 130 Å². The summed E-state index contributed by atoms with van der Waals surface area (Å²) in [4.78, 5) is 47.5. The molecule has 10 nitrogen and oxygen atoms in total. The lowest BCUT2D eigenvalue weighted by molar-refractivity contribution is -0.126. The Labute approximate surface area is 187 Å². The second kappa shape index (κ2) is 8.30. The first-order chi connectivity index (χ1) is 15.5. The lowest BCUT2D eigenvalue weighted by Gasteiger charge is -2.40. The minimum Gasteiger partial charge on any atom is -0.477 e. The molecule has 2 fully saturated rings. The summed E-state index contributed by atoms with van der Waals surface area (Å²) in [7, 11) is 0. The molecule has 2 N–H and O–H groups in total. The fourth-order valence-corrected chi connectivity index (χ4v) is 4.85. The number of aromatic carboxylic acids is 1. The van der Waals surface area contributed by atoms with Gasteiger partial charge in [-0.15, -0.1) is 0 Å². The van der Waals surface area contributed by atoms with Crippen molar-refractivity contribution in [2.24, 2.45) is 5.92 Å². The summed E-state index contributed by atoms with van der Waals surface area (Å²) in [6.07, 6.45) is 8.28. The van der Waals surface area contributed by atoms with Crippen molar-refractivity contribution >= 4 is 40.3 Å². The van der Waals surface area contributed by atoms with Crippen LogP contribution < -0.4 is 15.6 Å². The molecule has 166 valence electrons. The first-order valence-corrected chi connectivity index (χ1v) is 11.4. The fraction of sp³-hybridized carbons (Fsp3) is 0.429. The molecule has 0 spiro atoms. The van der Waals surface area contributed by atoms with Gasteiger partial charge < -0.3 is 15.3 Å². The van der Waals surface area contributed by atoms with Crippen LogP contribution >= 0.6 is 11.5 Å². The van der Waals surface area contributed by atoms with Gasteiger partial charge in [0.2, 0.25) is 16.5 Å². The van der Waals surface area contributed by atoms with Crippen molar-refractivity contribution in [1.82, 2.24) is 24.2 Å². The Morgan fingerprint density at radius 2 is 1.94 bits per heavy atom. The van der Waals surface area contributed by atoms with Crippen molar-refractivity contribution in [1.29, 1.82) is 0 Å². The summed E-state index contributed by atoms with van der Waals surface area (Å²) < 4.78 is 5.45. The van der Waals surface area contributed by atoms with Gasteiger partial charge in [0.1, 0.15) is 17.7 Å². The van der Waals surface area contributed by atoms with Crippen LogP contribution in [0.2, 0.25) is 0 Å². The Hall–Kier alpha value is -3.34. The molecule has 1 saturated carbocycles. The maximum Gasteiger partial charge on any atom is 0.341 e. The molecule has 1 aliphatic heterocycles. The normalized spacial score (nSPS) is 17.3. The first-order valence-electron chi connectivity index (χ1n) is 10.6. The monoisotopic (exact) mass is 454 g/mol. The van der Waals surface area contributed by atoms with Crippen molar-refractivity contribution in [2.75, 3.05) is 18.0 Å². The Morgan fingerprint density at radius 3 is 2.62 bits per heavy atom. The number of fused-ring (bicyclic) bond motifs is 1. The smallest absolute Gasteiger partial charge is 0.341 e. The van der Waals surface area contributed by atoms with Gasteiger partial charge in [0.05, 0.1) is 11.3 Å². The summed E-state index contributed by atoms with van der Waals surface area (Å²) in [6.45, 7) is 1.10. The number of nitrogens with one attached hydrogen (secondary N) is 1.